The second kappa shape index (κ2) is 4.52. The van der Waals surface area contributed by atoms with Gasteiger partial charge >= 0.3 is 0 Å². The number of rotatable bonds is 3. The third kappa shape index (κ3) is 2.00. The lowest BCUT2D eigenvalue weighted by Gasteiger charge is -2.22. The van der Waals surface area contributed by atoms with Crippen LogP contribution >= 0.6 is 0 Å². The molecule has 0 aromatic carbocycles. The van der Waals surface area contributed by atoms with Crippen molar-refractivity contribution < 1.29 is 0 Å². The van der Waals surface area contributed by atoms with E-state index in [9.17, 15) is 0 Å². The molecule has 3 heterocycles. The summed E-state index contributed by atoms with van der Waals surface area (Å²) in [5.41, 5.74) is 9.00. The minimum atomic E-state index is 0.317. The number of nitrogen functional groups attached to an aromatic ring is 1. The van der Waals surface area contributed by atoms with Crippen LogP contribution in [0.2, 0.25) is 0 Å². The normalized spacial score (nSPS) is 18.5. The lowest BCUT2D eigenvalue weighted by atomic mass is 10.3. The van der Waals surface area contributed by atoms with Gasteiger partial charge < -0.3 is 10.6 Å². The second-order valence-electron chi connectivity index (χ2n) is 5.58. The van der Waals surface area contributed by atoms with Crippen LogP contribution < -0.4 is 5.73 Å². The average Bonchev–Trinajstić information content (AvgIpc) is 3.00. The summed E-state index contributed by atoms with van der Waals surface area (Å²) in [6.07, 6.45) is 2.62. The number of hydrogen-bond acceptors (Lipinski definition) is 4. The van der Waals surface area contributed by atoms with Gasteiger partial charge in [0.25, 0.3) is 0 Å². The van der Waals surface area contributed by atoms with E-state index < -0.39 is 0 Å². The van der Waals surface area contributed by atoms with E-state index in [1.807, 2.05) is 18.7 Å². The summed E-state index contributed by atoms with van der Waals surface area (Å²) in [6, 6.07) is 0.317. The van der Waals surface area contributed by atoms with E-state index in [-0.39, 0.29) is 0 Å². The summed E-state index contributed by atoms with van der Waals surface area (Å²) >= 11 is 0. The van der Waals surface area contributed by atoms with E-state index >= 15 is 0 Å². The standard InChI is InChI=1S/C13H22N6/c1-9(8-18-6-4-5-7-18)19-12-11(15-13(19)14)10(2)16-17(12)3/h9H,4-8H2,1-3H3,(H2,14,15). The van der Waals surface area contributed by atoms with Crippen molar-refractivity contribution in [2.45, 2.75) is 32.7 Å². The summed E-state index contributed by atoms with van der Waals surface area (Å²) in [5.74, 6) is 0.595. The summed E-state index contributed by atoms with van der Waals surface area (Å²) in [4.78, 5) is 6.97. The van der Waals surface area contributed by atoms with Gasteiger partial charge in [0.1, 0.15) is 5.52 Å². The van der Waals surface area contributed by atoms with Crippen molar-refractivity contribution in [1.82, 2.24) is 24.2 Å². The molecule has 104 valence electrons. The highest BCUT2D eigenvalue weighted by Gasteiger charge is 2.22. The van der Waals surface area contributed by atoms with E-state index in [1.165, 1.54) is 25.9 Å². The molecule has 2 N–H and O–H groups in total. The van der Waals surface area contributed by atoms with Crippen molar-refractivity contribution in [1.29, 1.82) is 0 Å². The number of nitrogens with zero attached hydrogens (tertiary/aromatic N) is 5. The molecule has 1 saturated heterocycles. The first-order valence-corrected chi connectivity index (χ1v) is 6.97. The monoisotopic (exact) mass is 262 g/mol. The highest BCUT2D eigenvalue weighted by Crippen LogP contribution is 2.25. The van der Waals surface area contributed by atoms with E-state index in [0.717, 1.165) is 23.4 Å². The predicted octanol–water partition coefficient (Wildman–Crippen LogP) is 1.32. The molecule has 1 unspecified atom stereocenters. The van der Waals surface area contributed by atoms with Gasteiger partial charge in [-0.15, -0.1) is 0 Å². The topological polar surface area (TPSA) is 64.9 Å². The highest BCUT2D eigenvalue weighted by molar-refractivity contribution is 5.77. The fourth-order valence-corrected chi connectivity index (χ4v) is 3.17. The number of hydrogen-bond donors (Lipinski definition) is 1. The Bertz CT molecular complexity index is 590. The minimum Gasteiger partial charge on any atom is -0.369 e. The zero-order chi connectivity index (χ0) is 13.6. The van der Waals surface area contributed by atoms with Crippen molar-refractivity contribution in [3.8, 4) is 0 Å². The third-order valence-electron chi connectivity index (χ3n) is 4.02. The van der Waals surface area contributed by atoms with Gasteiger partial charge in [-0.3, -0.25) is 9.25 Å². The largest absolute Gasteiger partial charge is 0.369 e. The summed E-state index contributed by atoms with van der Waals surface area (Å²) in [7, 11) is 1.95. The Morgan fingerprint density at radius 3 is 2.68 bits per heavy atom. The quantitative estimate of drug-likeness (QED) is 0.906. The second-order valence-corrected chi connectivity index (χ2v) is 5.58. The Labute approximate surface area is 113 Å². The van der Waals surface area contributed by atoms with Gasteiger partial charge in [-0.1, -0.05) is 0 Å². The van der Waals surface area contributed by atoms with Gasteiger partial charge in [0.2, 0.25) is 5.95 Å². The molecule has 0 radical (unpaired) electrons. The molecular weight excluding hydrogens is 240 g/mol. The van der Waals surface area contributed by atoms with Crippen molar-refractivity contribution in [2.24, 2.45) is 7.05 Å². The predicted molar refractivity (Wildman–Crippen MR) is 76.0 cm³/mol. The van der Waals surface area contributed by atoms with Gasteiger partial charge in [0.05, 0.1) is 5.69 Å². The number of fused-ring (bicyclic) bond motifs is 1. The number of likely N-dealkylation sites (tertiary alicyclic amines) is 1. The Morgan fingerprint density at radius 2 is 2.00 bits per heavy atom. The molecule has 6 heteroatoms. The first-order chi connectivity index (χ1) is 9.08. The SMILES string of the molecule is Cc1nn(C)c2c1nc(N)n2C(C)CN1CCCC1. The number of nitrogens with two attached hydrogens (primary N) is 1. The molecular formula is C13H22N6. The maximum Gasteiger partial charge on any atom is 0.202 e. The molecule has 0 aliphatic carbocycles. The van der Waals surface area contributed by atoms with Crippen molar-refractivity contribution in [3.05, 3.63) is 5.69 Å². The highest BCUT2D eigenvalue weighted by atomic mass is 15.4. The van der Waals surface area contributed by atoms with Gasteiger partial charge in [-0.2, -0.15) is 5.10 Å². The third-order valence-corrected chi connectivity index (χ3v) is 4.02. The Balaban J connectivity index is 1.96. The smallest absolute Gasteiger partial charge is 0.202 e. The van der Waals surface area contributed by atoms with Crippen LogP contribution in [0.1, 0.15) is 31.5 Å². The molecule has 1 atom stereocenters. The first kappa shape index (κ1) is 12.5. The lowest BCUT2D eigenvalue weighted by Crippen LogP contribution is -2.28. The van der Waals surface area contributed by atoms with Crippen LogP contribution in [0.5, 0.6) is 0 Å². The maximum absolute atomic E-state index is 6.10. The zero-order valence-electron chi connectivity index (χ0n) is 11.9. The van der Waals surface area contributed by atoms with Crippen LogP contribution in [0.15, 0.2) is 0 Å². The van der Waals surface area contributed by atoms with E-state index in [1.54, 1.807) is 0 Å². The number of anilines is 1. The molecule has 3 rings (SSSR count). The summed E-state index contributed by atoms with van der Waals surface area (Å²) < 4.78 is 4.00. The molecule has 0 spiro atoms. The molecule has 2 aromatic rings. The average molecular weight is 262 g/mol. The molecule has 0 bridgehead atoms. The maximum atomic E-state index is 6.10. The van der Waals surface area contributed by atoms with E-state index in [0.29, 0.717) is 12.0 Å². The zero-order valence-corrected chi connectivity index (χ0v) is 11.9. The van der Waals surface area contributed by atoms with Crippen LogP contribution in [0.4, 0.5) is 5.95 Å². The molecule has 1 fully saturated rings. The fourth-order valence-electron chi connectivity index (χ4n) is 3.17. The Kier molecular flexibility index (Phi) is 2.97. The summed E-state index contributed by atoms with van der Waals surface area (Å²) in [5, 5.41) is 4.43. The first-order valence-electron chi connectivity index (χ1n) is 6.97. The molecule has 1 aliphatic rings. The molecule has 0 amide bonds. The van der Waals surface area contributed by atoms with Gasteiger partial charge in [-0.25, -0.2) is 4.98 Å². The van der Waals surface area contributed by atoms with Crippen molar-refractivity contribution in [2.75, 3.05) is 25.4 Å². The van der Waals surface area contributed by atoms with Crippen molar-refractivity contribution >= 4 is 17.1 Å². The molecule has 1 aliphatic heterocycles. The number of aromatic nitrogens is 4. The van der Waals surface area contributed by atoms with Crippen LogP contribution in [0, 0.1) is 6.92 Å². The van der Waals surface area contributed by atoms with E-state index in [2.05, 4.69) is 26.5 Å². The number of aryl methyl sites for hydroxylation is 2. The van der Waals surface area contributed by atoms with Crippen LogP contribution in [-0.4, -0.2) is 43.9 Å². The van der Waals surface area contributed by atoms with Gasteiger partial charge in [0, 0.05) is 19.6 Å². The van der Waals surface area contributed by atoms with Crippen molar-refractivity contribution in [3.63, 3.8) is 0 Å². The van der Waals surface area contributed by atoms with E-state index in [4.69, 9.17) is 5.73 Å². The lowest BCUT2D eigenvalue weighted by molar-refractivity contribution is 0.290. The molecule has 2 aromatic heterocycles. The Morgan fingerprint density at radius 1 is 1.32 bits per heavy atom. The van der Waals surface area contributed by atoms with Gasteiger partial charge in [-0.05, 0) is 39.8 Å². The molecule has 19 heavy (non-hydrogen) atoms. The number of imidazole rings is 1. The molecule has 6 nitrogen and oxygen atoms in total. The minimum absolute atomic E-state index is 0.317. The van der Waals surface area contributed by atoms with Gasteiger partial charge in [0.15, 0.2) is 5.65 Å². The van der Waals surface area contributed by atoms with Crippen LogP contribution in [0.3, 0.4) is 0 Å². The molecule has 0 saturated carbocycles. The Hall–Kier alpha value is -1.56. The van der Waals surface area contributed by atoms with Crippen LogP contribution in [0.25, 0.3) is 11.2 Å². The summed E-state index contributed by atoms with van der Waals surface area (Å²) in [6.45, 7) is 7.61. The fraction of sp³-hybridized carbons (Fsp3) is 0.692. The van der Waals surface area contributed by atoms with Crippen LogP contribution in [-0.2, 0) is 7.05 Å².